The van der Waals surface area contributed by atoms with Gasteiger partial charge in [-0.3, -0.25) is 4.79 Å². The van der Waals surface area contributed by atoms with Gasteiger partial charge in [0.2, 0.25) is 0 Å². The van der Waals surface area contributed by atoms with E-state index in [1.54, 1.807) is 17.6 Å². The maximum atomic E-state index is 13.1. The summed E-state index contributed by atoms with van der Waals surface area (Å²) < 4.78 is 7.15. The van der Waals surface area contributed by atoms with Gasteiger partial charge in [-0.2, -0.15) is 9.78 Å². The van der Waals surface area contributed by atoms with Crippen LogP contribution in [0.4, 0.5) is 0 Å². The Labute approximate surface area is 172 Å². The second kappa shape index (κ2) is 7.44. The minimum atomic E-state index is -0.0937. The fourth-order valence-corrected chi connectivity index (χ4v) is 5.25. The number of ether oxygens (including phenoxy) is 1. The number of benzene rings is 2. The zero-order valence-corrected chi connectivity index (χ0v) is 17.0. The molecule has 2 aromatic heterocycles. The third kappa shape index (κ3) is 3.13. The maximum Gasteiger partial charge on any atom is 0.282 e. The highest BCUT2D eigenvalue weighted by Crippen LogP contribution is 2.33. The van der Waals surface area contributed by atoms with Crippen LogP contribution in [0.25, 0.3) is 21.0 Å². The Hall–Kier alpha value is -2.99. The molecular formula is C23H21N3O2S. The van der Waals surface area contributed by atoms with Crippen LogP contribution in [-0.2, 0) is 12.8 Å². The van der Waals surface area contributed by atoms with Crippen molar-refractivity contribution in [2.75, 3.05) is 6.61 Å². The summed E-state index contributed by atoms with van der Waals surface area (Å²) in [7, 11) is 0. The van der Waals surface area contributed by atoms with Crippen LogP contribution >= 0.6 is 11.3 Å². The van der Waals surface area contributed by atoms with Crippen LogP contribution in [0, 0.1) is 0 Å². The Bertz CT molecular complexity index is 1300. The predicted octanol–water partition coefficient (Wildman–Crippen LogP) is 4.77. The lowest BCUT2D eigenvalue weighted by Gasteiger charge is -2.10. The van der Waals surface area contributed by atoms with Crippen LogP contribution < -0.4 is 10.3 Å². The minimum absolute atomic E-state index is 0.0937. The van der Waals surface area contributed by atoms with Crippen molar-refractivity contribution in [2.45, 2.75) is 32.6 Å². The number of aryl methyl sites for hydroxylation is 2. The van der Waals surface area contributed by atoms with E-state index in [0.717, 1.165) is 51.6 Å². The average Bonchev–Trinajstić information content (AvgIpc) is 3.13. The molecule has 0 fully saturated rings. The first kappa shape index (κ1) is 18.1. The summed E-state index contributed by atoms with van der Waals surface area (Å²) in [6.07, 6.45) is 7.55. The van der Waals surface area contributed by atoms with Crippen molar-refractivity contribution in [1.82, 2.24) is 9.66 Å². The van der Waals surface area contributed by atoms with E-state index in [4.69, 9.17) is 4.74 Å². The zero-order chi connectivity index (χ0) is 19.8. The number of fused-ring (bicyclic) bond motifs is 4. The molecule has 0 radical (unpaired) electrons. The highest BCUT2D eigenvalue weighted by atomic mass is 32.1. The SMILES string of the molecule is CCOc1ccc2ccccc2c1/C=N\n1cnc2sc3c(c2c1=O)CCCC3. The van der Waals surface area contributed by atoms with Gasteiger partial charge in [-0.25, -0.2) is 4.98 Å². The van der Waals surface area contributed by atoms with E-state index in [1.165, 1.54) is 27.9 Å². The molecule has 0 bridgehead atoms. The van der Waals surface area contributed by atoms with E-state index < -0.39 is 0 Å². The van der Waals surface area contributed by atoms with Crippen molar-refractivity contribution in [1.29, 1.82) is 0 Å². The molecule has 146 valence electrons. The standard InChI is InChI=1S/C23H21N3O2S/c1-2-28-19-12-11-15-7-3-4-8-16(15)18(19)13-25-26-14-24-22-21(23(26)27)17-9-5-6-10-20(17)29-22/h3-4,7-8,11-14H,2,5-6,9-10H2,1H3/b25-13-. The molecule has 2 aromatic carbocycles. The average molecular weight is 404 g/mol. The normalized spacial score (nSPS) is 14.0. The van der Waals surface area contributed by atoms with Gasteiger partial charge < -0.3 is 4.74 Å². The van der Waals surface area contributed by atoms with Crippen molar-refractivity contribution in [3.8, 4) is 5.75 Å². The van der Waals surface area contributed by atoms with E-state index in [9.17, 15) is 4.79 Å². The summed E-state index contributed by atoms with van der Waals surface area (Å²) >= 11 is 1.65. The first-order chi connectivity index (χ1) is 14.3. The Morgan fingerprint density at radius 1 is 1.21 bits per heavy atom. The van der Waals surface area contributed by atoms with Gasteiger partial charge >= 0.3 is 0 Å². The van der Waals surface area contributed by atoms with Crippen molar-refractivity contribution in [3.63, 3.8) is 0 Å². The van der Waals surface area contributed by atoms with E-state index in [0.29, 0.717) is 6.61 Å². The molecule has 0 aliphatic heterocycles. The van der Waals surface area contributed by atoms with Gasteiger partial charge in [0.05, 0.1) is 18.2 Å². The molecule has 0 spiro atoms. The fraction of sp³-hybridized carbons (Fsp3) is 0.261. The third-order valence-corrected chi connectivity index (χ3v) is 6.60. The topological polar surface area (TPSA) is 56.5 Å². The molecule has 5 rings (SSSR count). The van der Waals surface area contributed by atoms with Gasteiger partial charge in [0, 0.05) is 10.4 Å². The molecule has 29 heavy (non-hydrogen) atoms. The largest absolute Gasteiger partial charge is 0.493 e. The van der Waals surface area contributed by atoms with Crippen LogP contribution in [0.5, 0.6) is 5.75 Å². The number of hydrogen-bond donors (Lipinski definition) is 0. The molecule has 2 heterocycles. The highest BCUT2D eigenvalue weighted by molar-refractivity contribution is 7.18. The lowest BCUT2D eigenvalue weighted by atomic mass is 9.97. The van der Waals surface area contributed by atoms with Crippen LogP contribution in [0.1, 0.15) is 35.8 Å². The van der Waals surface area contributed by atoms with E-state index in [1.807, 2.05) is 37.3 Å². The van der Waals surface area contributed by atoms with Gasteiger partial charge in [0.1, 0.15) is 16.9 Å². The Morgan fingerprint density at radius 3 is 2.97 bits per heavy atom. The highest BCUT2D eigenvalue weighted by Gasteiger charge is 2.20. The lowest BCUT2D eigenvalue weighted by Crippen LogP contribution is -2.18. The van der Waals surface area contributed by atoms with E-state index in [-0.39, 0.29) is 5.56 Å². The second-order valence-electron chi connectivity index (χ2n) is 7.16. The number of rotatable bonds is 4. The molecule has 1 aliphatic carbocycles. The molecule has 4 aromatic rings. The molecule has 0 unspecified atom stereocenters. The summed E-state index contributed by atoms with van der Waals surface area (Å²) in [4.78, 5) is 19.8. The van der Waals surface area contributed by atoms with Gasteiger partial charge in [-0.1, -0.05) is 30.3 Å². The van der Waals surface area contributed by atoms with Crippen LogP contribution in [0.2, 0.25) is 0 Å². The number of aromatic nitrogens is 2. The predicted molar refractivity (Wildman–Crippen MR) is 119 cm³/mol. The number of thiophene rings is 1. The molecule has 0 saturated carbocycles. The summed E-state index contributed by atoms with van der Waals surface area (Å²) in [5, 5.41) is 7.37. The van der Waals surface area contributed by atoms with Crippen molar-refractivity contribution >= 4 is 38.5 Å². The molecule has 0 atom stereocenters. The smallest absolute Gasteiger partial charge is 0.282 e. The maximum absolute atomic E-state index is 13.1. The lowest BCUT2D eigenvalue weighted by molar-refractivity contribution is 0.340. The van der Waals surface area contributed by atoms with Crippen molar-refractivity contribution < 1.29 is 4.74 Å². The summed E-state index contributed by atoms with van der Waals surface area (Å²) in [5.74, 6) is 0.755. The van der Waals surface area contributed by atoms with Gasteiger partial charge in [-0.15, -0.1) is 11.3 Å². The van der Waals surface area contributed by atoms with Gasteiger partial charge in [-0.05, 0) is 55.0 Å². The summed E-state index contributed by atoms with van der Waals surface area (Å²) in [5.41, 5.74) is 1.95. The monoisotopic (exact) mass is 403 g/mol. The fourth-order valence-electron chi connectivity index (χ4n) is 4.03. The van der Waals surface area contributed by atoms with Gasteiger partial charge in [0.15, 0.2) is 0 Å². The molecule has 0 amide bonds. The third-order valence-electron chi connectivity index (χ3n) is 5.40. The quantitative estimate of drug-likeness (QED) is 0.461. The Kier molecular flexibility index (Phi) is 4.64. The Morgan fingerprint density at radius 2 is 2.07 bits per heavy atom. The van der Waals surface area contributed by atoms with Crippen LogP contribution in [0.3, 0.4) is 0 Å². The molecule has 5 nitrogen and oxygen atoms in total. The van der Waals surface area contributed by atoms with Crippen molar-refractivity contribution in [3.05, 3.63) is 69.1 Å². The second-order valence-corrected chi connectivity index (χ2v) is 8.25. The van der Waals surface area contributed by atoms with Crippen molar-refractivity contribution in [2.24, 2.45) is 5.10 Å². The number of nitrogens with zero attached hydrogens (tertiary/aromatic N) is 3. The van der Waals surface area contributed by atoms with Crippen LogP contribution in [0.15, 0.2) is 52.6 Å². The minimum Gasteiger partial charge on any atom is -0.493 e. The van der Waals surface area contributed by atoms with E-state index in [2.05, 4.69) is 16.2 Å². The molecule has 0 saturated heterocycles. The summed E-state index contributed by atoms with van der Waals surface area (Å²) in [6.45, 7) is 2.52. The van der Waals surface area contributed by atoms with Crippen LogP contribution in [-0.4, -0.2) is 22.5 Å². The molecule has 6 heteroatoms. The molecular weight excluding hydrogens is 382 g/mol. The van der Waals surface area contributed by atoms with E-state index >= 15 is 0 Å². The summed E-state index contributed by atoms with van der Waals surface area (Å²) in [6, 6.07) is 12.1. The zero-order valence-electron chi connectivity index (χ0n) is 16.2. The first-order valence-electron chi connectivity index (χ1n) is 9.97. The molecule has 1 aliphatic rings. The Balaban J connectivity index is 1.64. The first-order valence-corrected chi connectivity index (χ1v) is 10.8. The number of hydrogen-bond acceptors (Lipinski definition) is 5. The molecule has 0 N–H and O–H groups in total. The van der Waals surface area contributed by atoms with Gasteiger partial charge in [0.25, 0.3) is 5.56 Å².